The van der Waals surface area contributed by atoms with Crippen molar-refractivity contribution in [3.63, 3.8) is 0 Å². The van der Waals surface area contributed by atoms with Crippen LogP contribution < -0.4 is 15.0 Å². The third kappa shape index (κ3) is 7.12. The first-order chi connectivity index (χ1) is 17.6. The number of amides is 2. The number of aryl methyl sites for hydroxylation is 1. The summed E-state index contributed by atoms with van der Waals surface area (Å²) in [6.45, 7) is 8.20. The van der Waals surface area contributed by atoms with Crippen LogP contribution in [-0.2, 0) is 6.42 Å². The number of nitrogens with zero attached hydrogens (tertiary/aromatic N) is 2. The van der Waals surface area contributed by atoms with E-state index < -0.39 is 0 Å². The molecule has 1 aliphatic rings. The van der Waals surface area contributed by atoms with Crippen molar-refractivity contribution in [1.29, 1.82) is 0 Å². The first-order valence-electron chi connectivity index (χ1n) is 12.9. The van der Waals surface area contributed by atoms with Crippen LogP contribution in [0.15, 0.2) is 72.8 Å². The number of halogens is 1. The molecule has 2 amide bonds. The van der Waals surface area contributed by atoms with Crippen LogP contribution in [-0.4, -0.2) is 49.5 Å². The monoisotopic (exact) mass is 521 g/mol. The van der Waals surface area contributed by atoms with E-state index in [0.29, 0.717) is 35.7 Å². The van der Waals surface area contributed by atoms with Gasteiger partial charge in [0.2, 0.25) is 0 Å². The van der Waals surface area contributed by atoms with Crippen LogP contribution in [0.3, 0.4) is 0 Å². The lowest BCUT2D eigenvalue weighted by atomic mass is 10.1. The molecule has 0 unspecified atom stereocenters. The highest BCUT2D eigenvalue weighted by Gasteiger charge is 2.22. The molecule has 0 aromatic heterocycles. The van der Waals surface area contributed by atoms with Gasteiger partial charge in [-0.15, -0.1) is 12.4 Å². The Kier molecular flexibility index (Phi) is 10.5. The van der Waals surface area contributed by atoms with Gasteiger partial charge in [-0.25, -0.2) is 0 Å². The van der Waals surface area contributed by atoms with Gasteiger partial charge in [-0.1, -0.05) is 44.2 Å². The highest BCUT2D eigenvalue weighted by Crippen LogP contribution is 2.28. The van der Waals surface area contributed by atoms with Gasteiger partial charge in [0, 0.05) is 30.0 Å². The Bertz CT molecular complexity index is 1180. The Morgan fingerprint density at radius 1 is 0.919 bits per heavy atom. The summed E-state index contributed by atoms with van der Waals surface area (Å²) >= 11 is 0. The van der Waals surface area contributed by atoms with Crippen LogP contribution in [0, 0.1) is 0 Å². The average Bonchev–Trinajstić information content (AvgIpc) is 3.14. The molecule has 0 saturated heterocycles. The molecule has 7 heteroatoms. The van der Waals surface area contributed by atoms with Crippen molar-refractivity contribution in [1.82, 2.24) is 4.90 Å². The van der Waals surface area contributed by atoms with Crippen LogP contribution in [0.1, 0.15) is 53.0 Å². The average molecular weight is 522 g/mol. The largest absolute Gasteiger partial charge is 0.491 e. The van der Waals surface area contributed by atoms with Crippen LogP contribution >= 0.6 is 12.4 Å². The summed E-state index contributed by atoms with van der Waals surface area (Å²) in [5.74, 6) is 0.303. The quantitative estimate of drug-likeness (QED) is 0.371. The van der Waals surface area contributed by atoms with Gasteiger partial charge in [0.15, 0.2) is 0 Å². The van der Waals surface area contributed by atoms with E-state index in [-0.39, 0.29) is 24.2 Å². The molecule has 0 radical (unpaired) electrons. The maximum absolute atomic E-state index is 13.3. The van der Waals surface area contributed by atoms with Gasteiger partial charge in [-0.3, -0.25) is 9.59 Å². The van der Waals surface area contributed by atoms with Crippen LogP contribution in [0.4, 0.5) is 11.4 Å². The minimum atomic E-state index is -0.242. The molecule has 196 valence electrons. The van der Waals surface area contributed by atoms with E-state index in [9.17, 15) is 9.59 Å². The minimum absolute atomic E-state index is 0. The number of rotatable bonds is 9. The van der Waals surface area contributed by atoms with Crippen LogP contribution in [0.2, 0.25) is 0 Å². The molecule has 0 bridgehead atoms. The Morgan fingerprint density at radius 2 is 1.62 bits per heavy atom. The summed E-state index contributed by atoms with van der Waals surface area (Å²) in [5.41, 5.74) is 3.93. The van der Waals surface area contributed by atoms with Crippen molar-refractivity contribution < 1.29 is 14.3 Å². The molecular weight excluding hydrogens is 486 g/mol. The normalized spacial score (nSPS) is 12.8. The Labute approximate surface area is 226 Å². The lowest BCUT2D eigenvalue weighted by molar-refractivity contribution is 0.0985. The first-order valence-corrected chi connectivity index (χ1v) is 12.9. The SMILES string of the molecule is CCN(CC)CCOc1ccccc1C(=O)Nc1ccc(C(=O)N2CCCCc3ccccc32)cc1.Cl. The van der Waals surface area contributed by atoms with E-state index in [0.717, 1.165) is 44.6 Å². The molecule has 1 N–H and O–H groups in total. The van der Waals surface area contributed by atoms with E-state index in [1.807, 2.05) is 41.3 Å². The van der Waals surface area contributed by atoms with Crippen LogP contribution in [0.5, 0.6) is 5.75 Å². The second-order valence-corrected chi connectivity index (χ2v) is 8.95. The third-order valence-corrected chi connectivity index (χ3v) is 6.69. The molecule has 0 spiro atoms. The van der Waals surface area contributed by atoms with E-state index in [1.165, 1.54) is 5.56 Å². The molecule has 0 aliphatic carbocycles. The summed E-state index contributed by atoms with van der Waals surface area (Å²) in [6.07, 6.45) is 3.04. The number of likely N-dealkylation sites (N-methyl/N-ethyl adjacent to an activating group) is 1. The molecule has 1 aliphatic heterocycles. The van der Waals surface area contributed by atoms with Crippen molar-refractivity contribution >= 4 is 35.6 Å². The van der Waals surface area contributed by atoms with Gasteiger partial charge in [-0.05, 0) is 80.4 Å². The maximum atomic E-state index is 13.3. The number of anilines is 2. The molecule has 0 fully saturated rings. The Morgan fingerprint density at radius 3 is 2.38 bits per heavy atom. The third-order valence-electron chi connectivity index (χ3n) is 6.69. The Balaban J connectivity index is 0.00000380. The molecule has 37 heavy (non-hydrogen) atoms. The topological polar surface area (TPSA) is 61.9 Å². The van der Waals surface area contributed by atoms with E-state index in [1.54, 1.807) is 30.3 Å². The molecule has 0 saturated carbocycles. The van der Waals surface area contributed by atoms with Gasteiger partial charge in [0.25, 0.3) is 11.8 Å². The summed E-state index contributed by atoms with van der Waals surface area (Å²) in [7, 11) is 0. The summed E-state index contributed by atoms with van der Waals surface area (Å²) in [4.78, 5) is 30.5. The van der Waals surface area contributed by atoms with Crippen molar-refractivity contribution in [2.24, 2.45) is 0 Å². The fraction of sp³-hybridized carbons (Fsp3) is 0.333. The van der Waals surface area contributed by atoms with Crippen LogP contribution in [0.25, 0.3) is 0 Å². The number of ether oxygens (including phenoxy) is 1. The highest BCUT2D eigenvalue weighted by atomic mass is 35.5. The predicted molar refractivity (Wildman–Crippen MR) is 152 cm³/mol. The number of para-hydroxylation sites is 2. The van der Waals surface area contributed by atoms with E-state index >= 15 is 0 Å². The zero-order valence-corrected chi connectivity index (χ0v) is 22.4. The zero-order valence-electron chi connectivity index (χ0n) is 21.6. The smallest absolute Gasteiger partial charge is 0.259 e. The second kappa shape index (κ2) is 13.8. The molecule has 4 rings (SSSR count). The van der Waals surface area contributed by atoms with Crippen molar-refractivity contribution in [2.45, 2.75) is 33.1 Å². The minimum Gasteiger partial charge on any atom is -0.491 e. The molecule has 1 heterocycles. The lowest BCUT2D eigenvalue weighted by Crippen LogP contribution is -2.31. The summed E-state index contributed by atoms with van der Waals surface area (Å²) in [5, 5.41) is 2.94. The highest BCUT2D eigenvalue weighted by molar-refractivity contribution is 6.08. The lowest BCUT2D eigenvalue weighted by Gasteiger charge is -2.23. The van der Waals surface area contributed by atoms with E-state index in [4.69, 9.17) is 4.74 Å². The Hall–Kier alpha value is -3.35. The standard InChI is InChI=1S/C30H35N3O3.ClH/c1-3-32(4-2)21-22-36-28-15-8-6-13-26(28)29(34)31-25-18-16-24(17-19-25)30(35)33-20-10-9-12-23-11-5-7-14-27(23)33;/h5-8,11,13-19H,3-4,9-10,12,20-22H2,1-2H3,(H,31,34);1H. The van der Waals surface area contributed by atoms with Gasteiger partial charge >= 0.3 is 0 Å². The number of fused-ring (bicyclic) bond motifs is 1. The number of benzene rings is 3. The molecular formula is C30H36ClN3O3. The maximum Gasteiger partial charge on any atom is 0.259 e. The van der Waals surface area contributed by atoms with Crippen molar-refractivity contribution in [3.05, 3.63) is 89.5 Å². The van der Waals surface area contributed by atoms with Gasteiger partial charge in [0.1, 0.15) is 12.4 Å². The number of hydrogen-bond acceptors (Lipinski definition) is 4. The predicted octanol–water partition coefficient (Wildman–Crippen LogP) is 6.06. The van der Waals surface area contributed by atoms with E-state index in [2.05, 4.69) is 30.1 Å². The van der Waals surface area contributed by atoms with Gasteiger partial charge < -0.3 is 19.9 Å². The first kappa shape index (κ1) is 28.2. The summed E-state index contributed by atoms with van der Waals surface area (Å²) < 4.78 is 5.93. The fourth-order valence-corrected chi connectivity index (χ4v) is 4.56. The summed E-state index contributed by atoms with van der Waals surface area (Å²) in [6, 6.07) is 22.5. The van der Waals surface area contributed by atoms with Crippen molar-refractivity contribution in [2.75, 3.05) is 43.0 Å². The number of carbonyl (C=O) groups is 2. The molecule has 6 nitrogen and oxygen atoms in total. The molecule has 0 atom stereocenters. The van der Waals surface area contributed by atoms with Gasteiger partial charge in [-0.2, -0.15) is 0 Å². The molecule has 3 aromatic carbocycles. The van der Waals surface area contributed by atoms with Crippen molar-refractivity contribution in [3.8, 4) is 5.75 Å². The number of carbonyl (C=O) groups excluding carboxylic acids is 2. The number of hydrogen-bond donors (Lipinski definition) is 1. The second-order valence-electron chi connectivity index (χ2n) is 8.95. The number of nitrogens with one attached hydrogen (secondary N) is 1. The van der Waals surface area contributed by atoms with Gasteiger partial charge in [0.05, 0.1) is 5.56 Å². The molecule has 3 aromatic rings. The fourth-order valence-electron chi connectivity index (χ4n) is 4.56. The zero-order chi connectivity index (χ0) is 25.3.